The lowest BCUT2D eigenvalue weighted by atomic mass is 10.3. The Bertz CT molecular complexity index is 2170. The SMILES string of the molecule is Nc1cc(F)cc(F)c1.Nc1cccc(Cl)c1.O=C(O)c1cscc1NS(=O)(=O)c1ccccc1.O=C(O)c1cscc1NS(=O)(=O)c1ccccc1. The fraction of sp³-hybridized carbons (Fsp3) is 0. The van der Waals surface area contributed by atoms with Crippen molar-refractivity contribution in [1.82, 2.24) is 0 Å². The zero-order valence-electron chi connectivity index (χ0n) is 26.9. The number of carbonyl (C=O) groups is 2. The minimum absolute atomic E-state index is 0.0560. The van der Waals surface area contributed by atoms with Gasteiger partial charge in [-0.1, -0.05) is 54.1 Å². The molecule has 0 bridgehead atoms. The lowest BCUT2D eigenvalue weighted by Gasteiger charge is -2.07. The molecule has 0 aliphatic heterocycles. The quantitative estimate of drug-likeness (QED) is 0.0814. The molecule has 0 unspecified atom stereocenters. The van der Waals surface area contributed by atoms with E-state index in [1.165, 1.54) is 45.8 Å². The monoisotopic (exact) mass is 822 g/mol. The Balaban J connectivity index is 0.000000202. The number of thiophene rings is 2. The maximum atomic E-state index is 12.1. The highest BCUT2D eigenvalue weighted by molar-refractivity contribution is 7.93. The second kappa shape index (κ2) is 19.3. The first-order valence-corrected chi connectivity index (χ1v) is 19.7. The van der Waals surface area contributed by atoms with Crippen LogP contribution < -0.4 is 20.9 Å². The average Bonchev–Trinajstić information content (AvgIpc) is 3.75. The summed E-state index contributed by atoms with van der Waals surface area (Å²) in [5.41, 5.74) is 11.3. The predicted molar refractivity (Wildman–Crippen MR) is 204 cm³/mol. The highest BCUT2D eigenvalue weighted by atomic mass is 35.5. The molecular weight excluding hydrogens is 794 g/mol. The van der Waals surface area contributed by atoms with Crippen molar-refractivity contribution in [1.29, 1.82) is 0 Å². The van der Waals surface area contributed by atoms with Crippen LogP contribution in [0.3, 0.4) is 0 Å². The van der Waals surface area contributed by atoms with Crippen molar-refractivity contribution < 1.29 is 45.4 Å². The summed E-state index contributed by atoms with van der Waals surface area (Å²) in [6.45, 7) is 0. The maximum Gasteiger partial charge on any atom is 0.338 e. The molecule has 6 rings (SSSR count). The molecule has 0 radical (unpaired) electrons. The van der Waals surface area contributed by atoms with Gasteiger partial charge < -0.3 is 21.7 Å². The second-order valence-corrected chi connectivity index (χ2v) is 15.4. The summed E-state index contributed by atoms with van der Waals surface area (Å²) >= 11 is 7.81. The van der Waals surface area contributed by atoms with Gasteiger partial charge in [0.2, 0.25) is 0 Å². The maximum absolute atomic E-state index is 12.1. The zero-order chi connectivity index (χ0) is 39.2. The smallest absolute Gasteiger partial charge is 0.338 e. The van der Waals surface area contributed by atoms with Crippen LogP contribution in [-0.4, -0.2) is 39.0 Å². The first-order chi connectivity index (χ1) is 25.0. The van der Waals surface area contributed by atoms with Crippen LogP contribution in [0.4, 0.5) is 31.5 Å². The minimum atomic E-state index is -3.75. The van der Waals surface area contributed by atoms with E-state index in [1.54, 1.807) is 54.6 Å². The van der Waals surface area contributed by atoms with Crippen molar-refractivity contribution in [2.45, 2.75) is 9.79 Å². The normalized spacial score (nSPS) is 10.5. The zero-order valence-corrected chi connectivity index (χ0v) is 30.9. The van der Waals surface area contributed by atoms with Crippen LogP contribution in [0.5, 0.6) is 0 Å². The summed E-state index contributed by atoms with van der Waals surface area (Å²) < 4.78 is 76.6. The summed E-state index contributed by atoms with van der Waals surface area (Å²) in [4.78, 5) is 21.9. The molecule has 4 aromatic carbocycles. The van der Waals surface area contributed by atoms with E-state index in [2.05, 4.69) is 9.44 Å². The van der Waals surface area contributed by atoms with Crippen molar-refractivity contribution in [3.05, 3.63) is 152 Å². The molecule has 2 heterocycles. The molecule has 8 N–H and O–H groups in total. The molecule has 12 nitrogen and oxygen atoms in total. The number of hydrogen-bond acceptors (Lipinski definition) is 10. The number of benzene rings is 4. The predicted octanol–water partition coefficient (Wildman–Crippen LogP) is 7.96. The third-order valence-electron chi connectivity index (χ3n) is 6.11. The molecule has 0 saturated heterocycles. The van der Waals surface area contributed by atoms with Crippen LogP contribution in [0.1, 0.15) is 20.7 Å². The number of aromatic carboxylic acids is 2. The van der Waals surface area contributed by atoms with E-state index in [9.17, 15) is 35.2 Å². The fourth-order valence-electron chi connectivity index (χ4n) is 3.77. The summed E-state index contributed by atoms with van der Waals surface area (Å²) in [5, 5.41) is 24.1. The molecule has 53 heavy (non-hydrogen) atoms. The van der Waals surface area contributed by atoms with Gasteiger partial charge >= 0.3 is 11.9 Å². The topological polar surface area (TPSA) is 219 Å². The van der Waals surface area contributed by atoms with E-state index in [-0.39, 0.29) is 38.0 Å². The Morgan fingerprint density at radius 3 is 1.32 bits per heavy atom. The largest absolute Gasteiger partial charge is 0.478 e. The number of carboxylic acid groups (broad SMARTS) is 2. The number of carboxylic acids is 2. The molecule has 19 heteroatoms. The van der Waals surface area contributed by atoms with Crippen LogP contribution in [0.25, 0.3) is 0 Å². The molecule has 2 aromatic heterocycles. The lowest BCUT2D eigenvalue weighted by molar-refractivity contribution is 0.0687. The lowest BCUT2D eigenvalue weighted by Crippen LogP contribution is -2.14. The van der Waals surface area contributed by atoms with Crippen LogP contribution in [0.15, 0.2) is 134 Å². The molecule has 0 saturated carbocycles. The van der Waals surface area contributed by atoms with Gasteiger partial charge in [0.25, 0.3) is 20.0 Å². The Morgan fingerprint density at radius 2 is 1.00 bits per heavy atom. The summed E-state index contributed by atoms with van der Waals surface area (Å²) in [5.74, 6) is -3.62. The fourth-order valence-corrected chi connectivity index (χ4v) is 7.81. The number of anilines is 4. The number of rotatable bonds is 8. The van der Waals surface area contributed by atoms with Gasteiger partial charge in [-0.25, -0.2) is 35.2 Å². The number of hydrogen-bond donors (Lipinski definition) is 6. The first kappa shape index (κ1) is 41.9. The van der Waals surface area contributed by atoms with Crippen molar-refractivity contribution >= 4 is 89.0 Å². The van der Waals surface area contributed by atoms with Crippen LogP contribution in [-0.2, 0) is 20.0 Å². The van der Waals surface area contributed by atoms with Crippen molar-refractivity contribution in [2.75, 3.05) is 20.9 Å². The molecule has 0 aliphatic carbocycles. The van der Waals surface area contributed by atoms with Crippen molar-refractivity contribution in [3.8, 4) is 0 Å². The van der Waals surface area contributed by atoms with Gasteiger partial charge in [0.15, 0.2) is 0 Å². The Labute approximate surface area is 316 Å². The van der Waals surface area contributed by atoms with Gasteiger partial charge in [-0.3, -0.25) is 9.44 Å². The van der Waals surface area contributed by atoms with Crippen LogP contribution >= 0.6 is 34.3 Å². The molecule has 6 aromatic rings. The average molecular weight is 823 g/mol. The van der Waals surface area contributed by atoms with E-state index in [0.29, 0.717) is 10.7 Å². The van der Waals surface area contributed by atoms with Gasteiger partial charge in [0.05, 0.1) is 32.3 Å². The molecule has 0 fully saturated rings. The third-order valence-corrected chi connectivity index (χ3v) is 10.6. The van der Waals surface area contributed by atoms with E-state index in [4.69, 9.17) is 33.3 Å². The molecule has 0 amide bonds. The van der Waals surface area contributed by atoms with Gasteiger partial charge in [-0.15, -0.1) is 22.7 Å². The van der Waals surface area contributed by atoms with Gasteiger partial charge in [-0.2, -0.15) is 0 Å². The van der Waals surface area contributed by atoms with Gasteiger partial charge in [0, 0.05) is 44.0 Å². The first-order valence-electron chi connectivity index (χ1n) is 14.5. The van der Waals surface area contributed by atoms with Crippen LogP contribution in [0, 0.1) is 11.6 Å². The molecule has 278 valence electrons. The molecular formula is C34H29ClF2N4O8S4. The van der Waals surface area contributed by atoms with E-state index < -0.39 is 43.6 Å². The van der Waals surface area contributed by atoms with E-state index in [0.717, 1.165) is 40.9 Å². The van der Waals surface area contributed by atoms with E-state index >= 15 is 0 Å². The summed E-state index contributed by atoms with van der Waals surface area (Å²) in [7, 11) is -7.49. The standard InChI is InChI=1S/2C11H9NO4S2.C6H6ClN.C6H5F2N/c2*13-11(14)9-6-17-7-10(9)12-18(15,16)8-4-2-1-3-5-8;7-5-2-1-3-6(8)4-5;7-4-1-5(8)3-6(9)2-4/h2*1-7,12H,(H,13,14);1-4H,8H2;1-3H,9H2. The highest BCUT2D eigenvalue weighted by Crippen LogP contribution is 2.25. The number of nitrogens with one attached hydrogen (secondary N) is 2. The Hall–Kier alpha value is -5.53. The number of halogens is 3. The number of sulfonamides is 2. The second-order valence-electron chi connectivity index (χ2n) is 10.1. The Kier molecular flexibility index (Phi) is 15.3. The van der Waals surface area contributed by atoms with Gasteiger partial charge in [0.1, 0.15) is 11.6 Å². The number of nitrogens with two attached hydrogens (primary N) is 2. The van der Waals surface area contributed by atoms with Crippen molar-refractivity contribution in [3.63, 3.8) is 0 Å². The summed E-state index contributed by atoms with van der Waals surface area (Å²) in [6, 6.07) is 25.6. The highest BCUT2D eigenvalue weighted by Gasteiger charge is 2.20. The number of nitrogen functional groups attached to an aromatic ring is 2. The molecule has 0 spiro atoms. The molecule has 0 atom stereocenters. The van der Waals surface area contributed by atoms with E-state index in [1.807, 2.05) is 6.07 Å². The third kappa shape index (κ3) is 13.5. The minimum Gasteiger partial charge on any atom is -0.478 e. The van der Waals surface area contributed by atoms with Crippen molar-refractivity contribution in [2.24, 2.45) is 0 Å². The van der Waals surface area contributed by atoms with Crippen LogP contribution in [0.2, 0.25) is 5.02 Å². The van der Waals surface area contributed by atoms with Gasteiger partial charge in [-0.05, 0) is 54.6 Å². The summed E-state index contributed by atoms with van der Waals surface area (Å²) in [6.07, 6.45) is 0. The molecule has 0 aliphatic rings. The Morgan fingerprint density at radius 1 is 0.585 bits per heavy atom.